The van der Waals surface area contributed by atoms with E-state index in [-0.39, 0.29) is 0 Å². The predicted molar refractivity (Wildman–Crippen MR) is 50.0 cm³/mol. The van der Waals surface area contributed by atoms with Crippen LogP contribution in [-0.4, -0.2) is 12.5 Å². The SMILES string of the molecule is C=COCCCCCCCCl. The minimum atomic E-state index is 0.795. The Morgan fingerprint density at radius 3 is 2.36 bits per heavy atom. The molecule has 0 aliphatic carbocycles. The van der Waals surface area contributed by atoms with Gasteiger partial charge in [-0.25, -0.2) is 0 Å². The summed E-state index contributed by atoms with van der Waals surface area (Å²) in [6.07, 6.45) is 7.53. The van der Waals surface area contributed by atoms with E-state index in [1.165, 1.54) is 25.5 Å². The molecular weight excluding hydrogens is 160 g/mol. The molecule has 0 aromatic rings. The third-order valence-electron chi connectivity index (χ3n) is 1.51. The minimum Gasteiger partial charge on any atom is -0.502 e. The van der Waals surface area contributed by atoms with Crippen LogP contribution < -0.4 is 0 Å². The molecule has 0 atom stereocenters. The van der Waals surface area contributed by atoms with Crippen molar-refractivity contribution in [1.29, 1.82) is 0 Å². The quantitative estimate of drug-likeness (QED) is 0.313. The van der Waals surface area contributed by atoms with Crippen LogP contribution in [0.3, 0.4) is 0 Å². The lowest BCUT2D eigenvalue weighted by Gasteiger charge is -1.99. The van der Waals surface area contributed by atoms with Gasteiger partial charge in [0, 0.05) is 5.88 Å². The molecule has 0 aromatic heterocycles. The van der Waals surface area contributed by atoms with Crippen LogP contribution in [0.1, 0.15) is 32.1 Å². The van der Waals surface area contributed by atoms with Crippen LogP contribution in [0.2, 0.25) is 0 Å². The van der Waals surface area contributed by atoms with E-state index in [9.17, 15) is 0 Å². The molecule has 0 unspecified atom stereocenters. The molecule has 1 nitrogen and oxygen atoms in total. The van der Waals surface area contributed by atoms with Crippen molar-refractivity contribution in [2.45, 2.75) is 32.1 Å². The Labute approximate surface area is 74.4 Å². The molecule has 2 heteroatoms. The molecule has 11 heavy (non-hydrogen) atoms. The highest BCUT2D eigenvalue weighted by atomic mass is 35.5. The second-order valence-corrected chi connectivity index (χ2v) is 2.87. The minimum absolute atomic E-state index is 0.795. The van der Waals surface area contributed by atoms with E-state index in [4.69, 9.17) is 16.3 Å². The van der Waals surface area contributed by atoms with Crippen molar-refractivity contribution in [3.05, 3.63) is 12.8 Å². The molecule has 0 aliphatic heterocycles. The number of hydrogen-bond donors (Lipinski definition) is 0. The molecule has 66 valence electrons. The Kier molecular flexibility index (Phi) is 9.68. The zero-order valence-corrected chi connectivity index (χ0v) is 7.78. The average molecular weight is 177 g/mol. The molecule has 0 rings (SSSR count). The van der Waals surface area contributed by atoms with E-state index >= 15 is 0 Å². The molecule has 0 bridgehead atoms. The van der Waals surface area contributed by atoms with Crippen molar-refractivity contribution in [3.63, 3.8) is 0 Å². The van der Waals surface area contributed by atoms with Gasteiger partial charge >= 0.3 is 0 Å². The summed E-state index contributed by atoms with van der Waals surface area (Å²) in [5.74, 6) is 0.795. The van der Waals surface area contributed by atoms with E-state index < -0.39 is 0 Å². The maximum absolute atomic E-state index is 5.53. The molecule has 0 aliphatic rings. The van der Waals surface area contributed by atoms with Crippen LogP contribution in [0, 0.1) is 0 Å². The highest BCUT2D eigenvalue weighted by Crippen LogP contribution is 2.03. The number of unbranched alkanes of at least 4 members (excludes halogenated alkanes) is 4. The molecular formula is C9H17ClO. The number of halogens is 1. The van der Waals surface area contributed by atoms with Gasteiger partial charge in [0.25, 0.3) is 0 Å². The largest absolute Gasteiger partial charge is 0.502 e. The first kappa shape index (κ1) is 10.8. The van der Waals surface area contributed by atoms with Crippen molar-refractivity contribution >= 4 is 11.6 Å². The Balaban J connectivity index is 2.74. The van der Waals surface area contributed by atoms with Gasteiger partial charge in [-0.15, -0.1) is 11.6 Å². The Morgan fingerprint density at radius 1 is 1.09 bits per heavy atom. The fraction of sp³-hybridized carbons (Fsp3) is 0.778. The van der Waals surface area contributed by atoms with Gasteiger partial charge in [0.05, 0.1) is 12.9 Å². The standard InChI is InChI=1S/C9H17ClO/c1-2-11-9-7-5-3-4-6-8-10/h2H,1,3-9H2. The fourth-order valence-corrected chi connectivity index (χ4v) is 1.08. The van der Waals surface area contributed by atoms with Crippen LogP contribution in [0.15, 0.2) is 12.8 Å². The molecule has 0 N–H and O–H groups in total. The highest BCUT2D eigenvalue weighted by molar-refractivity contribution is 6.17. The van der Waals surface area contributed by atoms with Gasteiger partial charge < -0.3 is 4.74 Å². The van der Waals surface area contributed by atoms with E-state index in [0.29, 0.717) is 0 Å². The maximum Gasteiger partial charge on any atom is 0.0873 e. The number of rotatable bonds is 8. The zero-order valence-electron chi connectivity index (χ0n) is 7.02. The van der Waals surface area contributed by atoms with Crippen molar-refractivity contribution in [2.24, 2.45) is 0 Å². The maximum atomic E-state index is 5.53. The average Bonchev–Trinajstić information content (AvgIpc) is 2.03. The van der Waals surface area contributed by atoms with E-state index in [0.717, 1.165) is 25.3 Å². The van der Waals surface area contributed by atoms with Crippen molar-refractivity contribution < 1.29 is 4.74 Å². The summed E-state index contributed by atoms with van der Waals surface area (Å²) in [7, 11) is 0. The van der Waals surface area contributed by atoms with Gasteiger partial charge in [-0.2, -0.15) is 0 Å². The first-order chi connectivity index (χ1) is 5.41. The fourth-order valence-electron chi connectivity index (χ4n) is 0.894. The van der Waals surface area contributed by atoms with E-state index in [1.54, 1.807) is 0 Å². The van der Waals surface area contributed by atoms with Gasteiger partial charge in [0.2, 0.25) is 0 Å². The third-order valence-corrected chi connectivity index (χ3v) is 1.78. The predicted octanol–water partition coefficient (Wildman–Crippen LogP) is 3.34. The summed E-state index contributed by atoms with van der Waals surface area (Å²) in [5, 5.41) is 0. The van der Waals surface area contributed by atoms with Gasteiger partial charge in [-0.1, -0.05) is 25.8 Å². The summed E-state index contributed by atoms with van der Waals surface area (Å²) in [6.45, 7) is 4.28. The topological polar surface area (TPSA) is 9.23 Å². The van der Waals surface area contributed by atoms with E-state index in [2.05, 4.69) is 6.58 Å². The van der Waals surface area contributed by atoms with E-state index in [1.807, 2.05) is 0 Å². The summed E-state index contributed by atoms with van der Waals surface area (Å²) < 4.78 is 4.98. The van der Waals surface area contributed by atoms with Gasteiger partial charge in [-0.3, -0.25) is 0 Å². The molecule has 0 saturated carbocycles. The normalized spacial score (nSPS) is 9.55. The lowest BCUT2D eigenvalue weighted by atomic mass is 10.2. The Hall–Kier alpha value is -0.170. The summed E-state index contributed by atoms with van der Waals surface area (Å²) in [5.41, 5.74) is 0. The first-order valence-corrected chi connectivity index (χ1v) is 4.73. The van der Waals surface area contributed by atoms with Crippen LogP contribution in [-0.2, 0) is 4.74 Å². The monoisotopic (exact) mass is 176 g/mol. The first-order valence-electron chi connectivity index (χ1n) is 4.20. The lowest BCUT2D eigenvalue weighted by Crippen LogP contribution is -1.87. The molecule has 0 saturated heterocycles. The second-order valence-electron chi connectivity index (χ2n) is 2.49. The lowest BCUT2D eigenvalue weighted by molar-refractivity contribution is 0.242. The van der Waals surface area contributed by atoms with Crippen LogP contribution in [0.4, 0.5) is 0 Å². The van der Waals surface area contributed by atoms with Crippen molar-refractivity contribution in [3.8, 4) is 0 Å². The molecule has 0 aromatic carbocycles. The highest BCUT2D eigenvalue weighted by Gasteiger charge is 1.88. The Morgan fingerprint density at radius 2 is 1.73 bits per heavy atom. The van der Waals surface area contributed by atoms with Gasteiger partial charge in [0.1, 0.15) is 0 Å². The third kappa shape index (κ3) is 9.83. The Bertz CT molecular complexity index is 83.6. The molecule has 0 heterocycles. The molecule has 0 fully saturated rings. The second kappa shape index (κ2) is 9.83. The zero-order chi connectivity index (χ0) is 8.36. The number of alkyl halides is 1. The summed E-state index contributed by atoms with van der Waals surface area (Å²) >= 11 is 5.53. The van der Waals surface area contributed by atoms with Crippen LogP contribution in [0.5, 0.6) is 0 Å². The molecule has 0 radical (unpaired) electrons. The van der Waals surface area contributed by atoms with Crippen LogP contribution in [0.25, 0.3) is 0 Å². The number of hydrogen-bond acceptors (Lipinski definition) is 1. The van der Waals surface area contributed by atoms with Gasteiger partial charge in [0.15, 0.2) is 0 Å². The molecule has 0 amide bonds. The van der Waals surface area contributed by atoms with Crippen molar-refractivity contribution in [1.82, 2.24) is 0 Å². The smallest absolute Gasteiger partial charge is 0.0873 e. The summed E-state index contributed by atoms with van der Waals surface area (Å²) in [4.78, 5) is 0. The molecule has 0 spiro atoms. The van der Waals surface area contributed by atoms with Gasteiger partial charge in [-0.05, 0) is 12.8 Å². The summed E-state index contributed by atoms with van der Waals surface area (Å²) in [6, 6.07) is 0. The number of ether oxygens (including phenoxy) is 1. The van der Waals surface area contributed by atoms with Crippen LogP contribution >= 0.6 is 11.6 Å². The van der Waals surface area contributed by atoms with Crippen molar-refractivity contribution in [2.75, 3.05) is 12.5 Å².